The summed E-state index contributed by atoms with van der Waals surface area (Å²) in [5.41, 5.74) is 0. The molecular weight excluding hydrogens is 249 g/mol. The molecule has 1 fully saturated rings. The van der Waals surface area contributed by atoms with Crippen molar-refractivity contribution >= 4 is 29.0 Å². The van der Waals surface area contributed by atoms with E-state index in [1.165, 1.54) is 12.6 Å². The van der Waals surface area contributed by atoms with Crippen molar-refractivity contribution in [1.29, 1.82) is 0 Å². The Bertz CT molecular complexity index is 356. The molecule has 2 heterocycles. The first kappa shape index (κ1) is 11.9. The average Bonchev–Trinajstić information content (AvgIpc) is 2.32. The first-order chi connectivity index (χ1) is 7.75. The van der Waals surface area contributed by atoms with E-state index in [-0.39, 0.29) is 5.28 Å². The van der Waals surface area contributed by atoms with Crippen LogP contribution in [0.1, 0.15) is 12.8 Å². The molecule has 1 saturated heterocycles. The number of nitrogens with zero attached hydrogens (tertiary/aromatic N) is 2. The van der Waals surface area contributed by atoms with Crippen molar-refractivity contribution in [1.82, 2.24) is 9.97 Å². The number of hydrogen-bond acceptors (Lipinski definition) is 4. The quantitative estimate of drug-likeness (QED) is 0.850. The van der Waals surface area contributed by atoms with E-state index >= 15 is 0 Å². The number of rotatable bonds is 3. The van der Waals surface area contributed by atoms with E-state index < -0.39 is 0 Å². The Labute approximate surface area is 104 Å². The molecule has 1 aliphatic heterocycles. The summed E-state index contributed by atoms with van der Waals surface area (Å²) in [6.45, 7) is 2.47. The highest BCUT2D eigenvalue weighted by molar-refractivity contribution is 6.33. The third kappa shape index (κ3) is 3.20. The SMILES string of the molecule is Clc1ncc(Cl)c(NCC2CCCOC2)n1. The molecule has 0 aliphatic carbocycles. The Kier molecular flexibility index (Phi) is 4.21. The molecule has 1 atom stereocenters. The summed E-state index contributed by atoms with van der Waals surface area (Å²) >= 11 is 11.6. The maximum absolute atomic E-state index is 5.94. The molecule has 0 aromatic carbocycles. The van der Waals surface area contributed by atoms with Crippen LogP contribution >= 0.6 is 23.2 Å². The van der Waals surface area contributed by atoms with E-state index in [0.29, 0.717) is 16.8 Å². The Morgan fingerprint density at radius 3 is 3.12 bits per heavy atom. The highest BCUT2D eigenvalue weighted by Crippen LogP contribution is 2.21. The molecule has 1 unspecified atom stereocenters. The van der Waals surface area contributed by atoms with E-state index in [1.807, 2.05) is 0 Å². The summed E-state index contributed by atoms with van der Waals surface area (Å²) < 4.78 is 5.39. The molecule has 0 spiro atoms. The molecular formula is C10H13Cl2N3O. The van der Waals surface area contributed by atoms with Crippen LogP contribution in [0.2, 0.25) is 10.3 Å². The monoisotopic (exact) mass is 261 g/mol. The van der Waals surface area contributed by atoms with Gasteiger partial charge in [-0.25, -0.2) is 4.98 Å². The molecule has 1 aliphatic rings. The van der Waals surface area contributed by atoms with Crippen LogP contribution in [0.15, 0.2) is 6.20 Å². The van der Waals surface area contributed by atoms with Gasteiger partial charge >= 0.3 is 0 Å². The molecule has 6 heteroatoms. The zero-order chi connectivity index (χ0) is 11.4. The van der Waals surface area contributed by atoms with Crippen molar-refractivity contribution in [2.75, 3.05) is 25.1 Å². The van der Waals surface area contributed by atoms with E-state index in [1.54, 1.807) is 0 Å². The van der Waals surface area contributed by atoms with E-state index in [4.69, 9.17) is 27.9 Å². The van der Waals surface area contributed by atoms with Crippen molar-refractivity contribution in [3.05, 3.63) is 16.5 Å². The number of nitrogens with one attached hydrogen (secondary N) is 1. The van der Waals surface area contributed by atoms with Gasteiger partial charge in [0.05, 0.1) is 12.8 Å². The molecule has 0 bridgehead atoms. The number of aromatic nitrogens is 2. The number of hydrogen-bond donors (Lipinski definition) is 1. The van der Waals surface area contributed by atoms with Gasteiger partial charge in [0, 0.05) is 13.2 Å². The molecule has 4 nitrogen and oxygen atoms in total. The third-order valence-corrected chi connectivity index (χ3v) is 2.99. The van der Waals surface area contributed by atoms with Gasteiger partial charge in [-0.1, -0.05) is 11.6 Å². The maximum Gasteiger partial charge on any atom is 0.224 e. The van der Waals surface area contributed by atoms with Gasteiger partial charge in [-0.2, -0.15) is 4.98 Å². The Hall–Kier alpha value is -0.580. The van der Waals surface area contributed by atoms with Crippen molar-refractivity contribution in [2.45, 2.75) is 12.8 Å². The topological polar surface area (TPSA) is 47.0 Å². The summed E-state index contributed by atoms with van der Waals surface area (Å²) in [7, 11) is 0. The lowest BCUT2D eigenvalue weighted by Gasteiger charge is -2.22. The standard InChI is InChI=1S/C10H13Cl2N3O/c11-8-5-14-10(12)15-9(8)13-4-7-2-1-3-16-6-7/h5,7H,1-4,6H2,(H,13,14,15). The largest absolute Gasteiger partial charge is 0.381 e. The highest BCUT2D eigenvalue weighted by atomic mass is 35.5. The van der Waals surface area contributed by atoms with E-state index in [2.05, 4.69) is 15.3 Å². The van der Waals surface area contributed by atoms with Gasteiger partial charge in [0.1, 0.15) is 10.8 Å². The molecule has 1 aromatic heterocycles. The van der Waals surface area contributed by atoms with Crippen molar-refractivity contribution in [3.8, 4) is 0 Å². The zero-order valence-electron chi connectivity index (χ0n) is 8.75. The average molecular weight is 262 g/mol. The van der Waals surface area contributed by atoms with Crippen molar-refractivity contribution < 1.29 is 4.74 Å². The first-order valence-corrected chi connectivity index (χ1v) is 6.01. The normalized spacial score (nSPS) is 20.8. The van der Waals surface area contributed by atoms with E-state index in [9.17, 15) is 0 Å². The lowest BCUT2D eigenvalue weighted by molar-refractivity contribution is 0.0595. The van der Waals surface area contributed by atoms with Crippen molar-refractivity contribution in [3.63, 3.8) is 0 Å². The second-order valence-corrected chi connectivity index (χ2v) is 4.54. The minimum atomic E-state index is 0.201. The maximum atomic E-state index is 5.94. The summed E-state index contributed by atoms with van der Waals surface area (Å²) in [5.74, 6) is 1.10. The minimum Gasteiger partial charge on any atom is -0.381 e. The van der Waals surface area contributed by atoms with Crippen LogP contribution in [-0.4, -0.2) is 29.7 Å². The fourth-order valence-electron chi connectivity index (χ4n) is 1.68. The van der Waals surface area contributed by atoms with Gasteiger partial charge in [0.25, 0.3) is 0 Å². The molecule has 1 N–H and O–H groups in total. The highest BCUT2D eigenvalue weighted by Gasteiger charge is 2.14. The van der Waals surface area contributed by atoms with Crippen LogP contribution in [0, 0.1) is 5.92 Å². The van der Waals surface area contributed by atoms with Gasteiger partial charge in [-0.15, -0.1) is 0 Å². The fourth-order valence-corrected chi connectivity index (χ4v) is 1.97. The summed E-state index contributed by atoms with van der Waals surface area (Å²) in [6, 6.07) is 0. The first-order valence-electron chi connectivity index (χ1n) is 5.25. The minimum absolute atomic E-state index is 0.201. The number of ether oxygens (including phenoxy) is 1. The molecule has 88 valence electrons. The number of anilines is 1. The molecule has 1 aromatic rings. The fraction of sp³-hybridized carbons (Fsp3) is 0.600. The second-order valence-electron chi connectivity index (χ2n) is 3.80. The summed E-state index contributed by atoms with van der Waals surface area (Å²) in [5, 5.41) is 3.86. The molecule has 0 amide bonds. The second kappa shape index (κ2) is 5.66. The molecule has 0 saturated carbocycles. The number of halogens is 2. The Morgan fingerprint density at radius 1 is 1.50 bits per heavy atom. The third-order valence-electron chi connectivity index (χ3n) is 2.53. The van der Waals surface area contributed by atoms with Crippen LogP contribution in [0.25, 0.3) is 0 Å². The summed E-state index contributed by atoms with van der Waals surface area (Å²) in [6.07, 6.45) is 3.78. The van der Waals surface area contributed by atoms with Gasteiger partial charge in [0.15, 0.2) is 0 Å². The lowest BCUT2D eigenvalue weighted by atomic mass is 10.0. The van der Waals surface area contributed by atoms with Gasteiger partial charge < -0.3 is 10.1 Å². The predicted molar refractivity (Wildman–Crippen MR) is 64.1 cm³/mol. The van der Waals surface area contributed by atoms with E-state index in [0.717, 1.165) is 26.2 Å². The van der Waals surface area contributed by atoms with Crippen LogP contribution in [0.5, 0.6) is 0 Å². The van der Waals surface area contributed by atoms with Crippen molar-refractivity contribution in [2.24, 2.45) is 5.92 Å². The van der Waals surface area contributed by atoms with Crippen LogP contribution in [0.4, 0.5) is 5.82 Å². The molecule has 2 rings (SSSR count). The summed E-state index contributed by atoms with van der Waals surface area (Å²) in [4.78, 5) is 7.82. The smallest absolute Gasteiger partial charge is 0.224 e. The van der Waals surface area contributed by atoms with Gasteiger partial charge in [-0.05, 0) is 30.4 Å². The predicted octanol–water partition coefficient (Wildman–Crippen LogP) is 2.62. The van der Waals surface area contributed by atoms with Crippen LogP contribution in [-0.2, 0) is 4.74 Å². The van der Waals surface area contributed by atoms with Crippen LogP contribution < -0.4 is 5.32 Å². The zero-order valence-corrected chi connectivity index (χ0v) is 10.3. The molecule has 16 heavy (non-hydrogen) atoms. The molecule has 0 radical (unpaired) electrons. The Balaban J connectivity index is 1.90. The lowest BCUT2D eigenvalue weighted by Crippen LogP contribution is -2.24. The van der Waals surface area contributed by atoms with Gasteiger partial charge in [-0.3, -0.25) is 0 Å². The Morgan fingerprint density at radius 2 is 2.38 bits per heavy atom. The van der Waals surface area contributed by atoms with Gasteiger partial charge in [0.2, 0.25) is 5.28 Å². The van der Waals surface area contributed by atoms with Crippen LogP contribution in [0.3, 0.4) is 0 Å².